The minimum Gasteiger partial charge on any atom is -0.326 e. The molecule has 2 N–H and O–H groups in total. The van der Waals surface area contributed by atoms with Gasteiger partial charge in [-0.2, -0.15) is 0 Å². The Kier molecular flexibility index (Phi) is 7.93. The molecular weight excluding hydrogens is 440 g/mol. The molecule has 0 spiro atoms. The minimum atomic E-state index is -0.621. The predicted molar refractivity (Wildman–Crippen MR) is 139 cm³/mol. The number of piperidine rings is 1. The topological polar surface area (TPSA) is 83.4 Å². The summed E-state index contributed by atoms with van der Waals surface area (Å²) in [5.74, 6) is 0.188. The summed E-state index contributed by atoms with van der Waals surface area (Å²) < 4.78 is 1.86. The van der Waals surface area contributed by atoms with Crippen LogP contribution in [0.5, 0.6) is 0 Å². The van der Waals surface area contributed by atoms with E-state index in [4.69, 9.17) is 0 Å². The van der Waals surface area contributed by atoms with E-state index in [0.717, 1.165) is 43.5 Å². The maximum Gasteiger partial charge on any atom is 0.318 e. The minimum absolute atomic E-state index is 0.00799. The Hall–Kier alpha value is -3.09. The first-order valence-electron chi connectivity index (χ1n) is 13.0. The van der Waals surface area contributed by atoms with Crippen LogP contribution in [0.25, 0.3) is 0 Å². The highest BCUT2D eigenvalue weighted by Gasteiger charge is 2.37. The van der Waals surface area contributed by atoms with E-state index in [2.05, 4.69) is 29.7 Å². The van der Waals surface area contributed by atoms with Gasteiger partial charge in [0, 0.05) is 43.0 Å². The molecule has 2 aromatic rings. The number of benzene rings is 1. The number of fused-ring (bicyclic) bond motifs is 4. The fourth-order valence-electron chi connectivity index (χ4n) is 5.34. The quantitative estimate of drug-likeness (QED) is 0.591. The molecule has 0 radical (unpaired) electrons. The van der Waals surface area contributed by atoms with Gasteiger partial charge in [0.25, 0.3) is 5.56 Å². The van der Waals surface area contributed by atoms with Gasteiger partial charge in [-0.15, -0.1) is 0 Å². The number of rotatable bonds is 8. The molecular formula is C28H38N4O3. The molecule has 0 aliphatic carbocycles. The predicted octanol–water partition coefficient (Wildman–Crippen LogP) is 4.37. The molecule has 0 saturated carbocycles. The third kappa shape index (κ3) is 5.77. The number of likely N-dealkylation sites (tertiary alicyclic amines) is 1. The summed E-state index contributed by atoms with van der Waals surface area (Å²) in [6.07, 6.45) is 5.09. The number of unbranched alkanes of at least 4 members (excludes halogenated alkanes) is 1. The number of carbonyl (C=O) groups is 2. The number of anilines is 1. The second kappa shape index (κ2) is 11.1. The highest BCUT2D eigenvalue weighted by atomic mass is 16.2. The van der Waals surface area contributed by atoms with Crippen LogP contribution in [0.3, 0.4) is 0 Å². The first-order chi connectivity index (χ1) is 16.9. The molecule has 188 valence electrons. The van der Waals surface area contributed by atoms with Gasteiger partial charge in [0.15, 0.2) is 0 Å². The van der Waals surface area contributed by atoms with Crippen molar-refractivity contribution in [2.75, 3.05) is 18.4 Å². The largest absolute Gasteiger partial charge is 0.326 e. The second-order valence-electron chi connectivity index (χ2n) is 10.2. The van der Waals surface area contributed by atoms with Crippen LogP contribution in [0, 0.1) is 11.8 Å². The number of aryl methyl sites for hydroxylation is 1. The molecule has 1 fully saturated rings. The number of hydrogen-bond donors (Lipinski definition) is 2. The lowest BCUT2D eigenvalue weighted by Gasteiger charge is -2.43. The molecule has 7 nitrogen and oxygen atoms in total. The van der Waals surface area contributed by atoms with Crippen LogP contribution in [0.1, 0.15) is 63.6 Å². The van der Waals surface area contributed by atoms with E-state index < -0.39 is 6.04 Å². The van der Waals surface area contributed by atoms with Crippen LogP contribution in [-0.2, 0) is 17.8 Å². The van der Waals surface area contributed by atoms with E-state index in [-0.39, 0.29) is 35.3 Å². The summed E-state index contributed by atoms with van der Waals surface area (Å²) in [4.78, 5) is 40.6. The average Bonchev–Trinajstić information content (AvgIpc) is 2.86. The van der Waals surface area contributed by atoms with Crippen molar-refractivity contribution in [1.82, 2.24) is 14.8 Å². The van der Waals surface area contributed by atoms with Gasteiger partial charge in [0.1, 0.15) is 6.04 Å². The molecule has 1 aromatic carbocycles. The molecule has 4 atom stereocenters. The highest BCUT2D eigenvalue weighted by molar-refractivity contribution is 5.97. The highest BCUT2D eigenvalue weighted by Crippen LogP contribution is 2.35. The van der Waals surface area contributed by atoms with Crippen molar-refractivity contribution in [3.05, 3.63) is 64.1 Å². The maximum atomic E-state index is 13.3. The molecule has 2 aliphatic heterocycles. The summed E-state index contributed by atoms with van der Waals surface area (Å²) in [5.41, 5.74) is 3.04. The summed E-state index contributed by atoms with van der Waals surface area (Å²) in [6, 6.07) is 12.5. The Balaban J connectivity index is 1.42. The number of nitrogens with zero attached hydrogens (tertiary/aromatic N) is 2. The molecule has 2 aliphatic rings. The first-order valence-corrected chi connectivity index (χ1v) is 13.0. The van der Waals surface area contributed by atoms with Crippen LogP contribution >= 0.6 is 0 Å². The molecule has 2 bridgehead atoms. The summed E-state index contributed by atoms with van der Waals surface area (Å²) in [6.45, 7) is 7.98. The van der Waals surface area contributed by atoms with Crippen molar-refractivity contribution < 1.29 is 9.59 Å². The fourth-order valence-corrected chi connectivity index (χ4v) is 5.34. The number of nitrogens with one attached hydrogen (secondary N) is 2. The molecule has 3 amide bonds. The first kappa shape index (κ1) is 25.0. The number of amides is 3. The third-order valence-electron chi connectivity index (χ3n) is 7.58. The summed E-state index contributed by atoms with van der Waals surface area (Å²) in [5, 5.41) is 6.03. The normalized spacial score (nSPS) is 20.5. The van der Waals surface area contributed by atoms with E-state index >= 15 is 0 Å². The molecule has 1 aromatic heterocycles. The molecule has 1 saturated heterocycles. The number of urea groups is 1. The van der Waals surface area contributed by atoms with E-state index in [1.54, 1.807) is 12.1 Å². The number of hydrogen-bond acceptors (Lipinski definition) is 3. The van der Waals surface area contributed by atoms with E-state index in [1.807, 2.05) is 41.5 Å². The zero-order valence-corrected chi connectivity index (χ0v) is 21.1. The number of carbonyl (C=O) groups excluding carboxylic acids is 2. The lowest BCUT2D eigenvalue weighted by molar-refractivity contribution is -0.119. The molecule has 7 heteroatoms. The number of aromatic nitrogens is 1. The third-order valence-corrected chi connectivity index (χ3v) is 7.58. The Morgan fingerprint density at radius 3 is 2.54 bits per heavy atom. The van der Waals surface area contributed by atoms with Gasteiger partial charge < -0.3 is 20.1 Å². The van der Waals surface area contributed by atoms with Crippen LogP contribution in [0.15, 0.2) is 47.3 Å². The van der Waals surface area contributed by atoms with Gasteiger partial charge in [0.05, 0.1) is 0 Å². The van der Waals surface area contributed by atoms with Gasteiger partial charge in [-0.25, -0.2) is 4.79 Å². The summed E-state index contributed by atoms with van der Waals surface area (Å²) >= 11 is 0. The second-order valence-corrected chi connectivity index (χ2v) is 10.2. The lowest BCUT2D eigenvalue weighted by atomic mass is 9.83. The smallest absolute Gasteiger partial charge is 0.318 e. The molecule has 4 rings (SSSR count). The monoisotopic (exact) mass is 478 g/mol. The van der Waals surface area contributed by atoms with Crippen molar-refractivity contribution in [3.63, 3.8) is 0 Å². The van der Waals surface area contributed by atoms with Gasteiger partial charge in [-0.05, 0) is 54.9 Å². The van der Waals surface area contributed by atoms with Crippen molar-refractivity contribution in [2.45, 2.75) is 71.4 Å². The van der Waals surface area contributed by atoms with Crippen LogP contribution in [0.4, 0.5) is 10.5 Å². The van der Waals surface area contributed by atoms with Crippen molar-refractivity contribution in [3.8, 4) is 0 Å². The molecule has 3 heterocycles. The van der Waals surface area contributed by atoms with Crippen LogP contribution in [0.2, 0.25) is 0 Å². The molecule has 0 unspecified atom stereocenters. The van der Waals surface area contributed by atoms with Gasteiger partial charge in [-0.1, -0.05) is 51.8 Å². The Bertz CT molecular complexity index is 1090. The van der Waals surface area contributed by atoms with Crippen LogP contribution < -0.4 is 16.2 Å². The van der Waals surface area contributed by atoms with Crippen LogP contribution in [-0.4, -0.2) is 40.5 Å². The average molecular weight is 479 g/mol. The lowest BCUT2D eigenvalue weighted by Crippen LogP contribution is -2.56. The van der Waals surface area contributed by atoms with Gasteiger partial charge >= 0.3 is 6.03 Å². The van der Waals surface area contributed by atoms with E-state index in [9.17, 15) is 14.4 Å². The zero-order valence-electron chi connectivity index (χ0n) is 21.1. The van der Waals surface area contributed by atoms with Gasteiger partial charge in [0.2, 0.25) is 5.91 Å². The zero-order chi connectivity index (χ0) is 24.9. The van der Waals surface area contributed by atoms with Crippen molar-refractivity contribution >= 4 is 17.6 Å². The summed E-state index contributed by atoms with van der Waals surface area (Å²) in [7, 11) is 0. The van der Waals surface area contributed by atoms with E-state index in [0.29, 0.717) is 19.6 Å². The Labute approximate surface area is 207 Å². The molecule has 35 heavy (non-hydrogen) atoms. The standard InChI is InChI=1S/C28H38N4O3/c1-4-6-8-20-11-13-23(14-12-20)29-27(34)26(19(3)5-2)30-28(35)31-16-21-15-22(18-31)24-9-7-10-25(33)32(24)17-21/h7,9-14,19,21-22,26H,4-6,8,15-18H2,1-3H3,(H,29,34)(H,30,35)/t19-,21+,22-,26+/m1/s1. The Morgan fingerprint density at radius 1 is 1.06 bits per heavy atom. The Morgan fingerprint density at radius 2 is 1.83 bits per heavy atom. The van der Waals surface area contributed by atoms with Gasteiger partial charge in [-0.3, -0.25) is 9.59 Å². The number of pyridine rings is 1. The van der Waals surface area contributed by atoms with E-state index in [1.165, 1.54) is 5.56 Å². The fraction of sp³-hybridized carbons (Fsp3) is 0.536. The SMILES string of the molecule is CCCCc1ccc(NC(=O)[C@@H](NC(=O)N2C[C@@H]3C[C@H](C2)c2cccc(=O)n2C3)[C@H](C)CC)cc1. The maximum absolute atomic E-state index is 13.3. The van der Waals surface area contributed by atoms with Crippen molar-refractivity contribution in [1.29, 1.82) is 0 Å². The van der Waals surface area contributed by atoms with Crippen molar-refractivity contribution in [2.24, 2.45) is 11.8 Å².